The summed E-state index contributed by atoms with van der Waals surface area (Å²) in [4.78, 5) is 2.41. The van der Waals surface area contributed by atoms with E-state index in [9.17, 15) is 0 Å². The number of halogens is 1. The van der Waals surface area contributed by atoms with Crippen LogP contribution < -0.4 is 5.73 Å². The lowest BCUT2D eigenvalue weighted by molar-refractivity contribution is 0.271. The quantitative estimate of drug-likeness (QED) is 0.643. The molecular formula is C16H19IN2. The minimum atomic E-state index is 0.836. The topological polar surface area (TPSA) is 29.3 Å². The summed E-state index contributed by atoms with van der Waals surface area (Å²) in [6.45, 7) is 5.13. The number of benzene rings is 2. The summed E-state index contributed by atoms with van der Waals surface area (Å²) in [5.74, 6) is 0. The second-order valence-electron chi connectivity index (χ2n) is 4.67. The molecule has 2 aromatic carbocycles. The van der Waals surface area contributed by atoms with Crippen molar-refractivity contribution < 1.29 is 0 Å². The summed E-state index contributed by atoms with van der Waals surface area (Å²) in [5, 5.41) is 0. The summed E-state index contributed by atoms with van der Waals surface area (Å²) in [6, 6.07) is 16.8. The van der Waals surface area contributed by atoms with Crippen LogP contribution in [0.2, 0.25) is 0 Å². The Morgan fingerprint density at radius 2 is 1.68 bits per heavy atom. The molecule has 100 valence electrons. The fraction of sp³-hybridized carbons (Fsp3) is 0.250. The van der Waals surface area contributed by atoms with Gasteiger partial charge in [0.1, 0.15) is 0 Å². The van der Waals surface area contributed by atoms with Crippen molar-refractivity contribution >= 4 is 28.3 Å². The third kappa shape index (κ3) is 4.51. The van der Waals surface area contributed by atoms with Gasteiger partial charge in [-0.3, -0.25) is 4.90 Å². The Hall–Kier alpha value is -1.07. The van der Waals surface area contributed by atoms with Gasteiger partial charge in [0, 0.05) is 22.3 Å². The van der Waals surface area contributed by atoms with Crippen LogP contribution in [-0.4, -0.2) is 11.4 Å². The predicted octanol–water partition coefficient (Wildman–Crippen LogP) is 3.90. The zero-order chi connectivity index (χ0) is 13.7. The second-order valence-corrected chi connectivity index (χ2v) is 5.92. The molecule has 0 atom stereocenters. The highest BCUT2D eigenvalue weighted by Crippen LogP contribution is 2.13. The molecule has 3 heteroatoms. The molecule has 0 saturated heterocycles. The SMILES string of the molecule is CCN(Cc1ccc(I)cc1)Cc1cccc(N)c1. The fourth-order valence-electron chi connectivity index (χ4n) is 2.08. The van der Waals surface area contributed by atoms with E-state index >= 15 is 0 Å². The van der Waals surface area contributed by atoms with Gasteiger partial charge in [0.15, 0.2) is 0 Å². The highest BCUT2D eigenvalue weighted by molar-refractivity contribution is 14.1. The first-order valence-corrected chi connectivity index (χ1v) is 7.56. The van der Waals surface area contributed by atoms with Gasteiger partial charge in [-0.2, -0.15) is 0 Å². The lowest BCUT2D eigenvalue weighted by Gasteiger charge is -2.20. The standard InChI is InChI=1S/C16H19IN2/c1-2-19(11-13-6-8-15(17)9-7-13)12-14-4-3-5-16(18)10-14/h3-10H,2,11-12,18H2,1H3. The lowest BCUT2D eigenvalue weighted by Crippen LogP contribution is -2.22. The molecule has 0 amide bonds. The second kappa shape index (κ2) is 6.91. The summed E-state index contributed by atoms with van der Waals surface area (Å²) >= 11 is 2.33. The molecule has 2 N–H and O–H groups in total. The third-order valence-electron chi connectivity index (χ3n) is 3.12. The first-order valence-electron chi connectivity index (χ1n) is 6.48. The van der Waals surface area contributed by atoms with Crippen LogP contribution in [0.4, 0.5) is 5.69 Å². The van der Waals surface area contributed by atoms with Crippen LogP contribution in [0.15, 0.2) is 48.5 Å². The van der Waals surface area contributed by atoms with Gasteiger partial charge in [0.2, 0.25) is 0 Å². The smallest absolute Gasteiger partial charge is 0.0317 e. The summed E-state index contributed by atoms with van der Waals surface area (Å²) in [5.41, 5.74) is 9.29. The molecule has 19 heavy (non-hydrogen) atoms. The Labute approximate surface area is 128 Å². The zero-order valence-corrected chi connectivity index (χ0v) is 13.3. The van der Waals surface area contributed by atoms with Crippen LogP contribution in [0.3, 0.4) is 0 Å². The molecule has 0 saturated carbocycles. The maximum absolute atomic E-state index is 5.83. The maximum atomic E-state index is 5.83. The van der Waals surface area contributed by atoms with Crippen LogP contribution in [-0.2, 0) is 13.1 Å². The number of rotatable bonds is 5. The van der Waals surface area contributed by atoms with E-state index in [0.717, 1.165) is 25.3 Å². The van der Waals surface area contributed by atoms with Gasteiger partial charge in [-0.15, -0.1) is 0 Å². The van der Waals surface area contributed by atoms with Gasteiger partial charge >= 0.3 is 0 Å². The maximum Gasteiger partial charge on any atom is 0.0317 e. The molecule has 0 unspecified atom stereocenters. The molecule has 0 aromatic heterocycles. The summed E-state index contributed by atoms with van der Waals surface area (Å²) < 4.78 is 1.28. The molecular weight excluding hydrogens is 347 g/mol. The molecule has 2 aromatic rings. The summed E-state index contributed by atoms with van der Waals surface area (Å²) in [6.07, 6.45) is 0. The minimum absolute atomic E-state index is 0.836. The predicted molar refractivity (Wildman–Crippen MR) is 89.8 cm³/mol. The van der Waals surface area contributed by atoms with Crippen LogP contribution in [0, 0.1) is 3.57 Å². The van der Waals surface area contributed by atoms with Gasteiger partial charge in [-0.05, 0) is 64.5 Å². The van der Waals surface area contributed by atoms with Crippen molar-refractivity contribution in [3.63, 3.8) is 0 Å². The molecule has 0 aliphatic heterocycles. The Morgan fingerprint density at radius 3 is 2.32 bits per heavy atom. The molecule has 0 radical (unpaired) electrons. The van der Waals surface area contributed by atoms with Crippen LogP contribution in [0.25, 0.3) is 0 Å². The highest BCUT2D eigenvalue weighted by atomic mass is 127. The average Bonchev–Trinajstić information content (AvgIpc) is 2.40. The zero-order valence-electron chi connectivity index (χ0n) is 11.1. The molecule has 2 nitrogen and oxygen atoms in total. The van der Waals surface area contributed by atoms with Crippen molar-refractivity contribution in [1.82, 2.24) is 4.90 Å². The van der Waals surface area contributed by atoms with E-state index in [4.69, 9.17) is 5.73 Å². The number of anilines is 1. The van der Waals surface area contributed by atoms with Gasteiger partial charge in [0.05, 0.1) is 0 Å². The lowest BCUT2D eigenvalue weighted by atomic mass is 10.1. The van der Waals surface area contributed by atoms with Crippen molar-refractivity contribution in [3.8, 4) is 0 Å². The normalized spacial score (nSPS) is 10.9. The first-order chi connectivity index (χ1) is 9.17. The van der Waals surface area contributed by atoms with E-state index in [2.05, 4.69) is 70.8 Å². The Kier molecular flexibility index (Phi) is 5.22. The monoisotopic (exact) mass is 366 g/mol. The van der Waals surface area contributed by atoms with Crippen LogP contribution >= 0.6 is 22.6 Å². The van der Waals surface area contributed by atoms with Gasteiger partial charge in [-0.25, -0.2) is 0 Å². The van der Waals surface area contributed by atoms with E-state index in [0.29, 0.717) is 0 Å². The summed E-state index contributed by atoms with van der Waals surface area (Å²) in [7, 11) is 0. The van der Waals surface area contributed by atoms with E-state index < -0.39 is 0 Å². The molecule has 0 spiro atoms. The fourth-order valence-corrected chi connectivity index (χ4v) is 2.44. The van der Waals surface area contributed by atoms with E-state index in [1.54, 1.807) is 0 Å². The molecule has 0 bridgehead atoms. The van der Waals surface area contributed by atoms with Crippen LogP contribution in [0.5, 0.6) is 0 Å². The number of hydrogen-bond acceptors (Lipinski definition) is 2. The molecule has 2 rings (SSSR count). The Balaban J connectivity index is 2.02. The van der Waals surface area contributed by atoms with Crippen molar-refractivity contribution in [2.24, 2.45) is 0 Å². The average molecular weight is 366 g/mol. The molecule has 0 aliphatic rings. The largest absolute Gasteiger partial charge is 0.399 e. The Bertz CT molecular complexity index is 523. The number of nitrogens with zero attached hydrogens (tertiary/aromatic N) is 1. The van der Waals surface area contributed by atoms with Crippen molar-refractivity contribution in [1.29, 1.82) is 0 Å². The Morgan fingerprint density at radius 1 is 1.00 bits per heavy atom. The van der Waals surface area contributed by atoms with E-state index in [1.807, 2.05) is 12.1 Å². The highest BCUT2D eigenvalue weighted by Gasteiger charge is 2.05. The molecule has 0 fully saturated rings. The molecule has 0 aliphatic carbocycles. The van der Waals surface area contributed by atoms with Crippen molar-refractivity contribution in [3.05, 3.63) is 63.2 Å². The van der Waals surface area contributed by atoms with E-state index in [-0.39, 0.29) is 0 Å². The van der Waals surface area contributed by atoms with E-state index in [1.165, 1.54) is 14.7 Å². The molecule has 0 heterocycles. The van der Waals surface area contributed by atoms with Gasteiger partial charge in [-0.1, -0.05) is 31.2 Å². The van der Waals surface area contributed by atoms with Crippen LogP contribution in [0.1, 0.15) is 18.1 Å². The van der Waals surface area contributed by atoms with Crippen molar-refractivity contribution in [2.45, 2.75) is 20.0 Å². The number of hydrogen-bond donors (Lipinski definition) is 1. The van der Waals surface area contributed by atoms with Crippen molar-refractivity contribution in [2.75, 3.05) is 12.3 Å². The van der Waals surface area contributed by atoms with Gasteiger partial charge < -0.3 is 5.73 Å². The minimum Gasteiger partial charge on any atom is -0.399 e. The van der Waals surface area contributed by atoms with Gasteiger partial charge in [0.25, 0.3) is 0 Å². The first kappa shape index (κ1) is 14.3. The third-order valence-corrected chi connectivity index (χ3v) is 3.84. The number of nitrogens with two attached hydrogens (primary N) is 1. The number of nitrogen functional groups attached to an aromatic ring is 1.